The topological polar surface area (TPSA) is 232 Å². The van der Waals surface area contributed by atoms with Crippen molar-refractivity contribution >= 4 is 52.7 Å². The van der Waals surface area contributed by atoms with E-state index in [1.165, 1.54) is 16.7 Å². The maximum Gasteiger partial charge on any atom is 1.00 e. The van der Waals surface area contributed by atoms with Gasteiger partial charge in [-0.1, -0.05) is 24.3 Å². The number of aliphatic hydroxyl groups is 2. The second kappa shape index (κ2) is 19.5. The number of amides is 4. The van der Waals surface area contributed by atoms with Gasteiger partial charge >= 0.3 is 41.5 Å². The molecule has 6 atom stereocenters. The second-order valence-corrected chi connectivity index (χ2v) is 17.1. The van der Waals surface area contributed by atoms with E-state index in [4.69, 9.17) is 9.47 Å². The van der Waals surface area contributed by atoms with Crippen molar-refractivity contribution in [2.24, 2.45) is 17.3 Å². The molecule has 4 heterocycles. The summed E-state index contributed by atoms with van der Waals surface area (Å²) in [5, 5.41) is 37.1. The van der Waals surface area contributed by atoms with Gasteiger partial charge in [0, 0.05) is 23.2 Å². The third-order valence-electron chi connectivity index (χ3n) is 10.6. The van der Waals surface area contributed by atoms with Gasteiger partial charge < -0.3 is 50.0 Å². The number of carboxylic acids is 1. The summed E-state index contributed by atoms with van der Waals surface area (Å²) in [6, 6.07) is 12.6. The van der Waals surface area contributed by atoms with Crippen LogP contribution < -0.4 is 45.3 Å². The van der Waals surface area contributed by atoms with E-state index in [9.17, 15) is 48.9 Å². The van der Waals surface area contributed by atoms with Crippen molar-refractivity contribution in [3.8, 4) is 0 Å². The molecule has 4 N–H and O–H groups in total. The average Bonchev–Trinajstić information content (AvgIpc) is 3.68. The number of hydrogen-bond donors (Lipinski definition) is 4. The van der Waals surface area contributed by atoms with Crippen LogP contribution in [0.25, 0.3) is 11.1 Å². The zero-order valence-electron chi connectivity index (χ0n) is 36.2. The molecule has 0 spiro atoms. The Labute approximate surface area is 377 Å². The van der Waals surface area contributed by atoms with Crippen molar-refractivity contribution in [1.29, 1.82) is 0 Å². The molecule has 2 saturated heterocycles. The minimum absolute atomic E-state index is 0. The Morgan fingerprint density at radius 3 is 1.51 bits per heavy atom. The molecule has 0 unspecified atom stereocenters. The summed E-state index contributed by atoms with van der Waals surface area (Å²) < 4.78 is 10.2. The standard InChI is InChI=1S/C25H32N2O7.C19H22N2O5.Na/c1-13(2)26-21(29)16-9-7-8-15(10-16)17-11-18-19(14(3)28)22(30)27(18)20(17)23(31)33-12-34-24(32)25(4,5)6;1-9(2)20-17(23)12-6-4-5-11(7-12)13-8-14-15(10(3)22)18(24)21(14)16(13)19(25)26;/h7-10,13-14,18-19,28H,11-12H2,1-6H3,(H,26,29);4-7,9-10,14-15,22H,8H2,1-3H3,(H,20,23)(H,25,26);/q;;+1/p-1/t14-,18-,19-;10-,14-,15-;/m11./s1. The fourth-order valence-corrected chi connectivity index (χ4v) is 7.84. The van der Waals surface area contributed by atoms with E-state index in [0.29, 0.717) is 46.2 Å². The summed E-state index contributed by atoms with van der Waals surface area (Å²) in [5.41, 5.74) is 2.09. The number of rotatable bonds is 12. The quantitative estimate of drug-likeness (QED) is 0.0885. The number of aliphatic hydroxyl groups excluding tert-OH is 2. The van der Waals surface area contributed by atoms with Crippen LogP contribution in [0.1, 0.15) is 107 Å². The van der Waals surface area contributed by atoms with Gasteiger partial charge in [0.05, 0.1) is 53.2 Å². The molecule has 2 fully saturated rings. The van der Waals surface area contributed by atoms with E-state index in [1.807, 2.05) is 27.7 Å². The molecule has 322 valence electrons. The Balaban J connectivity index is 0.000000273. The number of hydrogen-bond acceptors (Lipinski definition) is 12. The zero-order chi connectivity index (χ0) is 44.5. The molecule has 0 bridgehead atoms. The molecule has 0 radical (unpaired) electrons. The van der Waals surface area contributed by atoms with E-state index < -0.39 is 72.2 Å². The van der Waals surface area contributed by atoms with Gasteiger partial charge in [-0.2, -0.15) is 0 Å². The summed E-state index contributed by atoms with van der Waals surface area (Å²) >= 11 is 0. The SMILES string of the molecule is CC(C)NC(=O)c1cccc(C2=C(C(=O)OCOC(=O)C(C)(C)C)N3C(=O)[C@H]([C@@H](C)O)[C@H]3C2)c1.CC(C)NC(=O)c1cccc(C2=C(C(=O)[O-])N3C(=O)[C@H]([C@@H](C)O)[C@H]3C2)c1.[Na+]. The largest absolute Gasteiger partial charge is 1.00 e. The Bertz CT molecular complexity index is 2150. The molecule has 2 aromatic rings. The molecule has 0 aliphatic carbocycles. The van der Waals surface area contributed by atoms with Gasteiger partial charge in [-0.3, -0.25) is 24.0 Å². The van der Waals surface area contributed by atoms with E-state index >= 15 is 0 Å². The van der Waals surface area contributed by atoms with Crippen molar-refractivity contribution in [2.45, 2.75) is 112 Å². The van der Waals surface area contributed by atoms with E-state index in [1.54, 1.807) is 76.2 Å². The van der Waals surface area contributed by atoms with Crippen LogP contribution in [0, 0.1) is 17.3 Å². The third-order valence-corrected chi connectivity index (χ3v) is 10.6. The van der Waals surface area contributed by atoms with Gasteiger partial charge in [0.25, 0.3) is 11.8 Å². The summed E-state index contributed by atoms with van der Waals surface area (Å²) in [7, 11) is 0. The molecular formula is C44H53N4NaO12. The van der Waals surface area contributed by atoms with Gasteiger partial charge in [0.2, 0.25) is 18.6 Å². The molecule has 16 nitrogen and oxygen atoms in total. The molecule has 61 heavy (non-hydrogen) atoms. The molecule has 4 aliphatic rings. The van der Waals surface area contributed by atoms with Gasteiger partial charge in [-0.25, -0.2) is 4.79 Å². The molecule has 4 aliphatic heterocycles. The Morgan fingerprint density at radius 1 is 0.721 bits per heavy atom. The molecule has 6 rings (SSSR count). The first kappa shape index (κ1) is 48.8. The Kier molecular flexibility index (Phi) is 15.6. The number of aliphatic carboxylic acids is 1. The maximum atomic E-state index is 13.0. The van der Waals surface area contributed by atoms with Crippen molar-refractivity contribution in [3.63, 3.8) is 0 Å². The molecule has 2 aromatic carbocycles. The minimum atomic E-state index is -1.43. The Hall–Kier alpha value is -4.87. The predicted molar refractivity (Wildman–Crippen MR) is 214 cm³/mol. The van der Waals surface area contributed by atoms with E-state index in [-0.39, 0.29) is 70.8 Å². The van der Waals surface area contributed by atoms with Crippen LogP contribution in [0.15, 0.2) is 59.9 Å². The second-order valence-electron chi connectivity index (χ2n) is 17.1. The molecular weight excluding hydrogens is 799 g/mol. The Morgan fingerprint density at radius 2 is 1.13 bits per heavy atom. The summed E-state index contributed by atoms with van der Waals surface area (Å²) in [6.07, 6.45) is -1.10. The van der Waals surface area contributed by atoms with Crippen molar-refractivity contribution in [2.75, 3.05) is 6.79 Å². The van der Waals surface area contributed by atoms with Gasteiger partial charge in [0.15, 0.2) is 0 Å². The number of benzene rings is 2. The normalized spacial score (nSPS) is 21.3. The van der Waals surface area contributed by atoms with Crippen LogP contribution in [0.3, 0.4) is 0 Å². The van der Waals surface area contributed by atoms with E-state index in [2.05, 4.69) is 10.6 Å². The summed E-state index contributed by atoms with van der Waals surface area (Å²) in [5.74, 6) is -5.31. The minimum Gasteiger partial charge on any atom is -0.543 e. The number of β-lactam (4-membered cyclic amide) rings is 2. The van der Waals surface area contributed by atoms with Crippen molar-refractivity contribution in [1.82, 2.24) is 20.4 Å². The monoisotopic (exact) mass is 852 g/mol. The first-order valence-corrected chi connectivity index (χ1v) is 19.9. The molecule has 17 heteroatoms. The fourth-order valence-electron chi connectivity index (χ4n) is 7.84. The van der Waals surface area contributed by atoms with Crippen LogP contribution >= 0.6 is 0 Å². The third kappa shape index (κ3) is 10.3. The number of carboxylic acid groups (broad SMARTS) is 1. The average molecular weight is 853 g/mol. The summed E-state index contributed by atoms with van der Waals surface area (Å²) in [4.78, 5) is 88.9. The van der Waals surface area contributed by atoms with Crippen molar-refractivity contribution < 1.29 is 87.9 Å². The zero-order valence-corrected chi connectivity index (χ0v) is 38.2. The molecule has 0 saturated carbocycles. The maximum absolute atomic E-state index is 13.0. The van der Waals surface area contributed by atoms with Gasteiger partial charge in [0.1, 0.15) is 5.70 Å². The number of nitrogens with zero attached hydrogens (tertiary/aromatic N) is 2. The molecule has 0 aromatic heterocycles. The number of carbonyl (C=O) groups excluding carboxylic acids is 7. The van der Waals surface area contributed by atoms with Crippen LogP contribution in [0.4, 0.5) is 0 Å². The first-order chi connectivity index (χ1) is 28.0. The number of carbonyl (C=O) groups is 7. The number of nitrogens with one attached hydrogen (secondary N) is 2. The van der Waals surface area contributed by atoms with Crippen LogP contribution in [-0.4, -0.2) is 105 Å². The number of esters is 2. The molecule has 4 amide bonds. The van der Waals surface area contributed by atoms with E-state index in [0.717, 1.165) is 0 Å². The van der Waals surface area contributed by atoms with Crippen LogP contribution in [0.2, 0.25) is 0 Å². The van der Waals surface area contributed by atoms with Crippen molar-refractivity contribution in [3.05, 3.63) is 82.2 Å². The van der Waals surface area contributed by atoms with Gasteiger partial charge in [-0.05, 0) is 122 Å². The van der Waals surface area contributed by atoms with Gasteiger partial charge in [-0.15, -0.1) is 0 Å². The first-order valence-electron chi connectivity index (χ1n) is 19.9. The summed E-state index contributed by atoms with van der Waals surface area (Å²) in [6.45, 7) is 14.9. The fraction of sp³-hybridized carbons (Fsp3) is 0.477. The van der Waals surface area contributed by atoms with Crippen LogP contribution in [-0.2, 0) is 33.4 Å². The van der Waals surface area contributed by atoms with Crippen LogP contribution in [0.5, 0.6) is 0 Å². The predicted octanol–water partition coefficient (Wildman–Crippen LogP) is -0.861. The number of fused-ring (bicyclic) bond motifs is 2. The smallest absolute Gasteiger partial charge is 0.543 e. The number of ether oxygens (including phenoxy) is 2.